The minimum Gasteiger partial charge on any atom is -0.455 e. The van der Waals surface area contributed by atoms with E-state index < -0.39 is 0 Å². The first-order valence-corrected chi connectivity index (χ1v) is 39.6. The molecule has 0 atom stereocenters. The summed E-state index contributed by atoms with van der Waals surface area (Å²) in [5.41, 5.74) is 31.5. The summed E-state index contributed by atoms with van der Waals surface area (Å²) >= 11 is 1.85. The highest BCUT2D eigenvalue weighted by molar-refractivity contribution is 7.22. The normalized spacial score (nSPS) is 12.2. The first kappa shape index (κ1) is 66.9. The lowest BCUT2D eigenvalue weighted by atomic mass is 9.82. The molecule has 0 spiro atoms. The largest absolute Gasteiger partial charge is 0.455 e. The molecular weight excluding hydrogens is 1390 g/mol. The second-order valence-electron chi connectivity index (χ2n) is 29.9. The van der Waals surface area contributed by atoms with Gasteiger partial charge < -0.3 is 23.4 Å². The number of hydrogen-bond acceptors (Lipinski definition) is 4. The minimum absolute atomic E-state index is 0.0925. The Hall–Kier alpha value is -14.3. The molecule has 0 aliphatic heterocycles. The van der Waals surface area contributed by atoms with Crippen molar-refractivity contribution in [1.82, 2.24) is 9.13 Å². The quantitative estimate of drug-likeness (QED) is 0.115. The van der Waals surface area contributed by atoms with Gasteiger partial charge in [-0.25, -0.2) is 0 Å². The van der Waals surface area contributed by atoms with Crippen LogP contribution in [-0.2, 0) is 5.41 Å². The Bertz CT molecular complexity index is 7120. The molecule has 0 bridgehead atoms. The fourth-order valence-electron chi connectivity index (χ4n) is 17.4. The van der Waals surface area contributed by atoms with E-state index >= 15 is 0 Å². The third kappa shape index (κ3) is 11.8. The third-order valence-electron chi connectivity index (χ3n) is 23.0. The fourth-order valence-corrected chi connectivity index (χ4v) is 18.5. The van der Waals surface area contributed by atoms with Crippen LogP contribution in [0, 0.1) is 0 Å². The van der Waals surface area contributed by atoms with E-state index in [1.165, 1.54) is 125 Å². The van der Waals surface area contributed by atoms with Crippen LogP contribution < -0.4 is 9.80 Å². The van der Waals surface area contributed by atoms with Crippen LogP contribution in [0.15, 0.2) is 417 Å². The summed E-state index contributed by atoms with van der Waals surface area (Å²) in [6.45, 7) is 4.71. The van der Waals surface area contributed by atoms with Crippen LogP contribution in [0.25, 0.3) is 153 Å². The van der Waals surface area contributed by atoms with Crippen molar-refractivity contribution in [2.75, 3.05) is 9.80 Å². The van der Waals surface area contributed by atoms with Crippen LogP contribution >= 0.6 is 11.3 Å². The lowest BCUT2D eigenvalue weighted by Crippen LogP contribution is -2.16. The van der Waals surface area contributed by atoms with Gasteiger partial charge in [0.05, 0.1) is 22.1 Å². The number of aromatic nitrogens is 2. The molecule has 21 aromatic rings. The van der Waals surface area contributed by atoms with Crippen molar-refractivity contribution < 1.29 is 4.42 Å². The van der Waals surface area contributed by atoms with Gasteiger partial charge in [0.1, 0.15) is 11.2 Å². The van der Waals surface area contributed by atoms with E-state index in [9.17, 15) is 0 Å². The highest BCUT2D eigenvalue weighted by Crippen LogP contribution is 2.52. The highest BCUT2D eigenvalue weighted by Gasteiger charge is 2.36. The van der Waals surface area contributed by atoms with E-state index in [0.717, 1.165) is 72.9 Å². The van der Waals surface area contributed by atoms with Gasteiger partial charge >= 0.3 is 0 Å². The smallest absolute Gasteiger partial charge is 0.143 e. The summed E-state index contributed by atoms with van der Waals surface area (Å²) < 4.78 is 12.5. The average Bonchev–Trinajstić information content (AvgIpc) is 1.59. The van der Waals surface area contributed by atoms with Gasteiger partial charge in [-0.15, -0.1) is 11.3 Å². The maximum absolute atomic E-state index is 6.43. The summed E-state index contributed by atoms with van der Waals surface area (Å²) in [7, 11) is 0. The number of para-hydroxylation sites is 6. The Morgan fingerprint density at radius 3 is 1.27 bits per heavy atom. The number of hydrogen-bond donors (Lipinski definition) is 0. The SMILES string of the molecule is CC1(C)c2ccccc2-c2ccc(N(c3ccc(-c4ccc5c(c4)c4ccccc4n5-c4ccccc4)cc3)c3ccc(-c4cc5ccccc5s4)cc3)cc21.c1ccc(-c2ccc(-c3ccc(N(c4ccc(-c5cccc6c5oc5ccccc56)cc4)c4ccc5c(c4)c4ccccc4n5-c4ccccc4)cc3)cc2)cc1. The predicted octanol–water partition coefficient (Wildman–Crippen LogP) is 30.3. The van der Waals surface area contributed by atoms with Gasteiger partial charge in [-0.2, -0.15) is 0 Å². The topological polar surface area (TPSA) is 29.5 Å². The maximum Gasteiger partial charge on any atom is 0.143 e. The summed E-state index contributed by atoms with van der Waals surface area (Å²) in [6.07, 6.45) is 0. The van der Waals surface area contributed by atoms with E-state index in [-0.39, 0.29) is 5.41 Å². The molecule has 0 saturated carbocycles. The summed E-state index contributed by atoms with van der Waals surface area (Å²) in [5.74, 6) is 0. The Morgan fingerprint density at radius 1 is 0.257 bits per heavy atom. The molecular formula is C107H74N4OS. The molecule has 0 unspecified atom stereocenters. The molecule has 1 aliphatic rings. The number of fused-ring (bicyclic) bond motifs is 13. The molecule has 6 heteroatoms. The number of anilines is 6. The Morgan fingerprint density at radius 2 is 0.664 bits per heavy atom. The van der Waals surface area contributed by atoms with E-state index in [1.807, 2.05) is 23.5 Å². The summed E-state index contributed by atoms with van der Waals surface area (Å²) in [6, 6.07) is 149. The van der Waals surface area contributed by atoms with E-state index in [2.05, 4.69) is 433 Å². The molecule has 4 aromatic heterocycles. The van der Waals surface area contributed by atoms with Crippen molar-refractivity contribution in [2.24, 2.45) is 0 Å². The van der Waals surface area contributed by atoms with E-state index in [4.69, 9.17) is 4.42 Å². The molecule has 5 nitrogen and oxygen atoms in total. The zero-order valence-corrected chi connectivity index (χ0v) is 63.2. The van der Waals surface area contributed by atoms with Gasteiger partial charge in [-0.1, -0.05) is 281 Å². The number of nitrogens with zero attached hydrogens (tertiary/aromatic N) is 4. The average molecular weight is 1460 g/mol. The first-order valence-electron chi connectivity index (χ1n) is 38.8. The van der Waals surface area contributed by atoms with Crippen LogP contribution in [0.2, 0.25) is 0 Å². The number of thiophene rings is 1. The highest BCUT2D eigenvalue weighted by atomic mass is 32.1. The Balaban J connectivity index is 0.000000142. The van der Waals surface area contributed by atoms with Crippen LogP contribution in [0.5, 0.6) is 0 Å². The second-order valence-corrected chi connectivity index (χ2v) is 31.0. The number of rotatable bonds is 13. The fraction of sp³-hybridized carbons (Fsp3) is 0.0280. The van der Waals surface area contributed by atoms with Crippen molar-refractivity contribution in [1.29, 1.82) is 0 Å². The molecule has 1 aliphatic carbocycles. The summed E-state index contributed by atoms with van der Waals surface area (Å²) in [5, 5.41) is 8.51. The molecule has 0 N–H and O–H groups in total. The van der Waals surface area contributed by atoms with Crippen LogP contribution in [0.3, 0.4) is 0 Å². The zero-order chi connectivity index (χ0) is 75.1. The molecule has 0 fully saturated rings. The standard InChI is InChI=1S/C54H36N2O.C53H38N2S/c1-3-12-37(13-4-1)38-22-24-39(25-23-38)40-26-30-43(31-27-40)55(44-32-28-41(29-33-44)46-18-11-19-49-48-17-8-10-21-53(48)57-54(46)49)45-34-35-52-50(36-45)47-16-7-9-20-51(47)56(52)42-14-5-2-6-15-42;1-53(2)47-17-9-7-15-43(47)44-30-29-42(34-48(44)53)54(41-27-22-36(23-28-41)52-33-38-12-6-11-19-51(38)56-52)40-25-20-35(21-26-40)37-24-31-50-46(32-37)45-16-8-10-18-49(45)55(50)39-13-4-3-5-14-39/h1-36H;3-34H,1-2H3. The molecule has 534 valence electrons. The second kappa shape index (κ2) is 27.7. The van der Waals surface area contributed by atoms with Crippen molar-refractivity contribution in [2.45, 2.75) is 19.3 Å². The van der Waals surface area contributed by atoms with Gasteiger partial charge in [0.2, 0.25) is 0 Å². The Labute approximate surface area is 660 Å². The zero-order valence-electron chi connectivity index (χ0n) is 62.4. The number of benzene rings is 17. The van der Waals surface area contributed by atoms with Gasteiger partial charge in [-0.05, 0) is 218 Å². The van der Waals surface area contributed by atoms with Crippen molar-refractivity contribution in [3.63, 3.8) is 0 Å². The maximum atomic E-state index is 6.43. The monoisotopic (exact) mass is 1460 g/mol. The summed E-state index contributed by atoms with van der Waals surface area (Å²) in [4.78, 5) is 6.06. The van der Waals surface area contributed by atoms with E-state index in [1.54, 1.807) is 0 Å². The molecule has 22 rings (SSSR count). The molecule has 4 heterocycles. The molecule has 113 heavy (non-hydrogen) atoms. The predicted molar refractivity (Wildman–Crippen MR) is 478 cm³/mol. The molecule has 0 amide bonds. The van der Waals surface area contributed by atoms with Crippen molar-refractivity contribution >= 4 is 121 Å². The van der Waals surface area contributed by atoms with Crippen LogP contribution in [-0.4, -0.2) is 9.13 Å². The van der Waals surface area contributed by atoms with Crippen LogP contribution in [0.1, 0.15) is 25.0 Å². The lowest BCUT2D eigenvalue weighted by Gasteiger charge is -2.28. The van der Waals surface area contributed by atoms with Gasteiger partial charge in [0.25, 0.3) is 0 Å². The molecule has 0 saturated heterocycles. The Kier molecular flexibility index (Phi) is 16.4. The minimum atomic E-state index is -0.0925. The first-order chi connectivity index (χ1) is 55.8. The molecule has 17 aromatic carbocycles. The van der Waals surface area contributed by atoms with Crippen molar-refractivity contribution in [3.05, 3.63) is 424 Å². The van der Waals surface area contributed by atoms with Crippen LogP contribution in [0.4, 0.5) is 34.1 Å². The van der Waals surface area contributed by atoms with Crippen molar-refractivity contribution in [3.8, 4) is 77.4 Å². The van der Waals surface area contributed by atoms with Gasteiger partial charge in [0, 0.05) is 98.4 Å². The van der Waals surface area contributed by atoms with Gasteiger partial charge in [-0.3, -0.25) is 0 Å². The molecule has 0 radical (unpaired) electrons. The van der Waals surface area contributed by atoms with Gasteiger partial charge in [0.15, 0.2) is 0 Å². The van der Waals surface area contributed by atoms with E-state index in [0.29, 0.717) is 0 Å². The lowest BCUT2D eigenvalue weighted by molar-refractivity contribution is 0.660. The number of furan rings is 1. The third-order valence-corrected chi connectivity index (χ3v) is 24.2.